The lowest BCUT2D eigenvalue weighted by molar-refractivity contribution is -0.147. The van der Waals surface area contributed by atoms with Crippen molar-refractivity contribution in [2.24, 2.45) is 0 Å². The molecule has 0 bridgehead atoms. The molecule has 2 aliphatic rings. The van der Waals surface area contributed by atoms with Crippen LogP contribution >= 0.6 is 0 Å². The zero-order chi connectivity index (χ0) is 11.5. The van der Waals surface area contributed by atoms with Crippen LogP contribution in [0.5, 0.6) is 0 Å². The number of carbonyl (C=O) groups is 2. The van der Waals surface area contributed by atoms with E-state index in [4.69, 9.17) is 4.74 Å². The van der Waals surface area contributed by atoms with E-state index in [1.807, 2.05) is 0 Å². The van der Waals surface area contributed by atoms with Gasteiger partial charge in [-0.3, -0.25) is 9.59 Å². The van der Waals surface area contributed by atoms with E-state index in [2.05, 4.69) is 5.32 Å². The predicted molar refractivity (Wildman–Crippen MR) is 57.8 cm³/mol. The van der Waals surface area contributed by atoms with Gasteiger partial charge in [0.15, 0.2) is 0 Å². The first-order valence-electron chi connectivity index (χ1n) is 5.91. The lowest BCUT2D eigenvalue weighted by atomic mass is 10.2. The maximum absolute atomic E-state index is 11.9. The van der Waals surface area contributed by atoms with Gasteiger partial charge in [0.2, 0.25) is 5.91 Å². The van der Waals surface area contributed by atoms with Crippen molar-refractivity contribution in [2.75, 3.05) is 19.7 Å². The molecule has 1 heterocycles. The number of likely N-dealkylation sites (tertiary alicyclic amines) is 1. The molecule has 1 amide bonds. The van der Waals surface area contributed by atoms with Crippen LogP contribution in [-0.2, 0) is 14.3 Å². The third kappa shape index (κ3) is 2.72. The first-order chi connectivity index (χ1) is 7.70. The van der Waals surface area contributed by atoms with Crippen LogP contribution in [-0.4, -0.2) is 48.6 Å². The zero-order valence-electron chi connectivity index (χ0n) is 9.57. The summed E-state index contributed by atoms with van der Waals surface area (Å²) in [5.41, 5.74) is 0. The Morgan fingerprint density at radius 3 is 2.88 bits per heavy atom. The number of nitrogens with zero attached hydrogens (tertiary/aromatic N) is 1. The summed E-state index contributed by atoms with van der Waals surface area (Å²) < 4.78 is 4.83. The Balaban J connectivity index is 1.78. The van der Waals surface area contributed by atoms with Gasteiger partial charge in [0.05, 0.1) is 12.6 Å². The quantitative estimate of drug-likeness (QED) is 0.665. The summed E-state index contributed by atoms with van der Waals surface area (Å²) in [5.74, 6) is -0.275. The zero-order valence-corrected chi connectivity index (χ0v) is 9.57. The van der Waals surface area contributed by atoms with E-state index in [-0.39, 0.29) is 24.5 Å². The smallest absolute Gasteiger partial charge is 0.325 e. The molecule has 0 radical (unpaired) electrons. The molecule has 2 fully saturated rings. The molecule has 90 valence electrons. The molecule has 1 aliphatic carbocycles. The summed E-state index contributed by atoms with van der Waals surface area (Å²) >= 11 is 0. The average molecular weight is 226 g/mol. The molecule has 16 heavy (non-hydrogen) atoms. The number of esters is 1. The average Bonchev–Trinajstić information content (AvgIpc) is 2.99. The predicted octanol–water partition coefficient (Wildman–Crippen LogP) is -0.0976. The monoisotopic (exact) mass is 226 g/mol. The fourth-order valence-electron chi connectivity index (χ4n) is 1.95. The van der Waals surface area contributed by atoms with Crippen molar-refractivity contribution in [2.45, 2.75) is 38.3 Å². The second-order valence-corrected chi connectivity index (χ2v) is 4.35. The van der Waals surface area contributed by atoms with Crippen LogP contribution in [0.2, 0.25) is 0 Å². The van der Waals surface area contributed by atoms with Crippen molar-refractivity contribution in [1.29, 1.82) is 0 Å². The third-order valence-electron chi connectivity index (χ3n) is 2.94. The molecule has 1 aliphatic heterocycles. The Labute approximate surface area is 95.1 Å². The van der Waals surface area contributed by atoms with Crippen molar-refractivity contribution >= 4 is 11.9 Å². The Bertz CT molecular complexity index is 289. The van der Waals surface area contributed by atoms with Gasteiger partial charge in [0.1, 0.15) is 6.54 Å². The van der Waals surface area contributed by atoms with E-state index in [1.54, 1.807) is 11.8 Å². The maximum atomic E-state index is 11.9. The number of carbonyl (C=O) groups excluding carboxylic acids is 2. The summed E-state index contributed by atoms with van der Waals surface area (Å²) in [6.45, 7) is 2.88. The second-order valence-electron chi connectivity index (χ2n) is 4.35. The van der Waals surface area contributed by atoms with Crippen molar-refractivity contribution in [3.63, 3.8) is 0 Å². The highest BCUT2D eigenvalue weighted by molar-refractivity contribution is 5.87. The lowest BCUT2D eigenvalue weighted by Crippen LogP contribution is -2.41. The Morgan fingerprint density at radius 2 is 2.25 bits per heavy atom. The standard InChI is InChI=1S/C11H18N2O3/c1-2-16-10(14)7-13-6-5-9(11(13)15)12-8-3-4-8/h8-9,12H,2-7H2,1H3. The summed E-state index contributed by atoms with van der Waals surface area (Å²) in [5, 5.41) is 3.29. The van der Waals surface area contributed by atoms with Gasteiger partial charge in [-0.1, -0.05) is 0 Å². The minimum absolute atomic E-state index is 0.0416. The molecule has 5 heteroatoms. The fraction of sp³-hybridized carbons (Fsp3) is 0.818. The van der Waals surface area contributed by atoms with Crippen LogP contribution in [0.1, 0.15) is 26.2 Å². The van der Waals surface area contributed by atoms with Crippen LogP contribution in [0.4, 0.5) is 0 Å². The van der Waals surface area contributed by atoms with Gasteiger partial charge in [-0.2, -0.15) is 0 Å². The van der Waals surface area contributed by atoms with E-state index in [9.17, 15) is 9.59 Å². The summed E-state index contributed by atoms with van der Waals surface area (Å²) in [6.07, 6.45) is 3.14. The van der Waals surface area contributed by atoms with Crippen molar-refractivity contribution in [3.8, 4) is 0 Å². The molecule has 1 saturated heterocycles. The molecule has 5 nitrogen and oxygen atoms in total. The molecule has 1 atom stereocenters. The lowest BCUT2D eigenvalue weighted by Gasteiger charge is -2.15. The number of nitrogens with one attached hydrogen (secondary N) is 1. The molecular formula is C11H18N2O3. The van der Waals surface area contributed by atoms with E-state index < -0.39 is 0 Å². The number of hydrogen-bond donors (Lipinski definition) is 1. The van der Waals surface area contributed by atoms with Crippen LogP contribution in [0, 0.1) is 0 Å². The van der Waals surface area contributed by atoms with Crippen LogP contribution in [0.15, 0.2) is 0 Å². The van der Waals surface area contributed by atoms with E-state index in [0.717, 1.165) is 6.42 Å². The summed E-state index contributed by atoms with van der Waals surface area (Å²) in [4.78, 5) is 24.7. The number of amides is 1. The largest absolute Gasteiger partial charge is 0.465 e. The van der Waals surface area contributed by atoms with Gasteiger partial charge in [0.25, 0.3) is 0 Å². The molecule has 2 rings (SSSR count). The van der Waals surface area contributed by atoms with E-state index in [1.165, 1.54) is 12.8 Å². The Hall–Kier alpha value is -1.10. The maximum Gasteiger partial charge on any atom is 0.325 e. The molecular weight excluding hydrogens is 208 g/mol. The van der Waals surface area contributed by atoms with Gasteiger partial charge in [-0.15, -0.1) is 0 Å². The number of ether oxygens (including phenoxy) is 1. The molecule has 1 saturated carbocycles. The van der Waals surface area contributed by atoms with E-state index >= 15 is 0 Å². The number of rotatable bonds is 5. The van der Waals surface area contributed by atoms with Gasteiger partial charge in [-0.05, 0) is 26.2 Å². The van der Waals surface area contributed by atoms with Crippen LogP contribution in [0.3, 0.4) is 0 Å². The van der Waals surface area contributed by atoms with Gasteiger partial charge >= 0.3 is 5.97 Å². The molecule has 1 N–H and O–H groups in total. The molecule has 0 aromatic rings. The Kier molecular flexibility index (Phi) is 3.43. The first-order valence-corrected chi connectivity index (χ1v) is 5.91. The number of hydrogen-bond acceptors (Lipinski definition) is 4. The Morgan fingerprint density at radius 1 is 1.50 bits per heavy atom. The molecule has 0 aromatic heterocycles. The van der Waals surface area contributed by atoms with Crippen LogP contribution in [0.25, 0.3) is 0 Å². The highest BCUT2D eigenvalue weighted by atomic mass is 16.5. The molecule has 0 spiro atoms. The topological polar surface area (TPSA) is 58.6 Å². The van der Waals surface area contributed by atoms with E-state index in [0.29, 0.717) is 19.2 Å². The SMILES string of the molecule is CCOC(=O)CN1CCC(NC2CC2)C1=O. The summed E-state index contributed by atoms with van der Waals surface area (Å²) in [6, 6.07) is 0.443. The normalized spacial score (nSPS) is 24.9. The van der Waals surface area contributed by atoms with Gasteiger partial charge in [-0.25, -0.2) is 0 Å². The highest BCUT2D eigenvalue weighted by Gasteiger charge is 2.36. The van der Waals surface area contributed by atoms with Crippen LogP contribution < -0.4 is 5.32 Å². The third-order valence-corrected chi connectivity index (χ3v) is 2.94. The van der Waals surface area contributed by atoms with Crippen molar-refractivity contribution in [3.05, 3.63) is 0 Å². The van der Waals surface area contributed by atoms with Gasteiger partial charge < -0.3 is 15.0 Å². The van der Waals surface area contributed by atoms with Crippen molar-refractivity contribution < 1.29 is 14.3 Å². The summed E-state index contributed by atoms with van der Waals surface area (Å²) in [7, 11) is 0. The second kappa shape index (κ2) is 4.82. The molecule has 1 unspecified atom stereocenters. The first kappa shape index (κ1) is 11.4. The minimum Gasteiger partial charge on any atom is -0.465 e. The molecule has 0 aromatic carbocycles. The van der Waals surface area contributed by atoms with Crippen molar-refractivity contribution in [1.82, 2.24) is 10.2 Å². The minimum atomic E-state index is -0.317. The highest BCUT2D eigenvalue weighted by Crippen LogP contribution is 2.22. The van der Waals surface area contributed by atoms with Gasteiger partial charge in [0, 0.05) is 12.6 Å². The fourth-order valence-corrected chi connectivity index (χ4v) is 1.95.